The Balaban J connectivity index is 2.64. The van der Waals surface area contributed by atoms with Crippen molar-refractivity contribution >= 4 is 5.78 Å². The molecule has 0 radical (unpaired) electrons. The van der Waals surface area contributed by atoms with E-state index >= 15 is 0 Å². The molecule has 64 valence electrons. The third-order valence-corrected chi connectivity index (χ3v) is 1.58. The minimum absolute atomic E-state index is 0.0198. The Morgan fingerprint density at radius 1 is 1.58 bits per heavy atom. The molecule has 3 nitrogen and oxygen atoms in total. The molecule has 0 atom stereocenters. The normalized spacial score (nSPS) is 9.83. The van der Waals surface area contributed by atoms with Gasteiger partial charge in [-0.3, -0.25) is 9.78 Å². The molecular formula is C9H12N2O. The highest BCUT2D eigenvalue weighted by molar-refractivity contribution is 5.82. The average molecular weight is 164 g/mol. The van der Waals surface area contributed by atoms with Gasteiger partial charge in [0.15, 0.2) is 5.78 Å². The first-order valence-electron chi connectivity index (χ1n) is 3.85. The summed E-state index contributed by atoms with van der Waals surface area (Å²) in [5, 5.41) is 0. The van der Waals surface area contributed by atoms with E-state index in [4.69, 9.17) is 5.73 Å². The number of carbonyl (C=O) groups is 1. The molecule has 0 aromatic carbocycles. The van der Waals surface area contributed by atoms with Crippen molar-refractivity contribution in [3.05, 3.63) is 29.6 Å². The molecule has 1 rings (SSSR count). The van der Waals surface area contributed by atoms with Gasteiger partial charge in [-0.1, -0.05) is 6.07 Å². The number of Topliss-reactive ketones (excluding diaryl/α,β-unsaturated/α-hetero) is 1. The second-order valence-corrected chi connectivity index (χ2v) is 2.75. The third kappa shape index (κ3) is 2.43. The average Bonchev–Trinajstić information content (AvgIpc) is 2.09. The summed E-state index contributed by atoms with van der Waals surface area (Å²) < 4.78 is 0. The molecule has 0 spiro atoms. The van der Waals surface area contributed by atoms with Gasteiger partial charge in [-0.15, -0.1) is 0 Å². The van der Waals surface area contributed by atoms with Gasteiger partial charge in [-0.2, -0.15) is 0 Å². The number of nitrogens with zero attached hydrogens (tertiary/aromatic N) is 1. The number of aromatic nitrogens is 1. The first kappa shape index (κ1) is 8.87. The quantitative estimate of drug-likeness (QED) is 0.706. The standard InChI is InChI=1S/C9H12N2O/c1-7-2-3-8(11-6-7)4-9(12)5-10/h2-3,6H,4-5,10H2,1H3. The molecule has 3 heteroatoms. The smallest absolute Gasteiger partial charge is 0.152 e. The molecule has 0 bridgehead atoms. The molecule has 0 saturated carbocycles. The lowest BCUT2D eigenvalue weighted by molar-refractivity contribution is -0.117. The van der Waals surface area contributed by atoms with Crippen LogP contribution >= 0.6 is 0 Å². The molecular weight excluding hydrogens is 152 g/mol. The fourth-order valence-electron chi connectivity index (χ4n) is 0.877. The number of aryl methyl sites for hydroxylation is 1. The van der Waals surface area contributed by atoms with Crippen LogP contribution in [0.5, 0.6) is 0 Å². The SMILES string of the molecule is Cc1ccc(CC(=O)CN)nc1. The monoisotopic (exact) mass is 164 g/mol. The predicted molar refractivity (Wildman–Crippen MR) is 46.7 cm³/mol. The van der Waals surface area contributed by atoms with Gasteiger partial charge in [0.05, 0.1) is 6.54 Å². The van der Waals surface area contributed by atoms with E-state index in [9.17, 15) is 4.79 Å². The Hall–Kier alpha value is -1.22. The molecule has 1 aromatic rings. The maximum Gasteiger partial charge on any atom is 0.152 e. The van der Waals surface area contributed by atoms with Gasteiger partial charge >= 0.3 is 0 Å². The van der Waals surface area contributed by atoms with Crippen LogP contribution in [0.15, 0.2) is 18.3 Å². The van der Waals surface area contributed by atoms with Gasteiger partial charge in [-0.05, 0) is 18.6 Å². The molecule has 0 amide bonds. The van der Waals surface area contributed by atoms with Crippen molar-refractivity contribution in [3.8, 4) is 0 Å². The number of hydrogen-bond donors (Lipinski definition) is 1. The summed E-state index contributed by atoms with van der Waals surface area (Å²) in [5.41, 5.74) is 7.06. The maximum atomic E-state index is 10.9. The van der Waals surface area contributed by atoms with Gasteiger partial charge in [0, 0.05) is 18.3 Å². The van der Waals surface area contributed by atoms with E-state index < -0.39 is 0 Å². The Labute approximate surface area is 71.6 Å². The highest BCUT2D eigenvalue weighted by atomic mass is 16.1. The largest absolute Gasteiger partial charge is 0.324 e. The maximum absolute atomic E-state index is 10.9. The lowest BCUT2D eigenvalue weighted by Crippen LogP contribution is -2.16. The summed E-state index contributed by atoms with van der Waals surface area (Å²) in [6.07, 6.45) is 2.09. The lowest BCUT2D eigenvalue weighted by Gasteiger charge is -1.97. The van der Waals surface area contributed by atoms with Crippen molar-refractivity contribution in [3.63, 3.8) is 0 Å². The van der Waals surface area contributed by atoms with Crippen molar-refractivity contribution in [2.45, 2.75) is 13.3 Å². The highest BCUT2D eigenvalue weighted by Crippen LogP contribution is 1.99. The number of hydrogen-bond acceptors (Lipinski definition) is 3. The second kappa shape index (κ2) is 3.97. The van der Waals surface area contributed by atoms with Crippen LogP contribution in [-0.4, -0.2) is 17.3 Å². The van der Waals surface area contributed by atoms with Crippen LogP contribution in [0, 0.1) is 6.92 Å². The fourth-order valence-corrected chi connectivity index (χ4v) is 0.877. The molecule has 0 aliphatic carbocycles. The van der Waals surface area contributed by atoms with E-state index in [2.05, 4.69) is 4.98 Å². The van der Waals surface area contributed by atoms with E-state index in [0.29, 0.717) is 6.42 Å². The Morgan fingerprint density at radius 2 is 2.33 bits per heavy atom. The summed E-state index contributed by atoms with van der Waals surface area (Å²) in [7, 11) is 0. The van der Waals surface area contributed by atoms with E-state index in [-0.39, 0.29) is 12.3 Å². The Morgan fingerprint density at radius 3 is 2.83 bits per heavy atom. The third-order valence-electron chi connectivity index (χ3n) is 1.58. The van der Waals surface area contributed by atoms with Crippen LogP contribution in [0.4, 0.5) is 0 Å². The molecule has 0 fully saturated rings. The van der Waals surface area contributed by atoms with Crippen molar-refractivity contribution < 1.29 is 4.79 Å². The summed E-state index contributed by atoms with van der Waals surface area (Å²) in [6, 6.07) is 3.79. The van der Waals surface area contributed by atoms with Crippen LogP contribution in [-0.2, 0) is 11.2 Å². The van der Waals surface area contributed by atoms with Gasteiger partial charge in [0.2, 0.25) is 0 Å². The molecule has 0 aliphatic heterocycles. The number of rotatable bonds is 3. The lowest BCUT2D eigenvalue weighted by atomic mass is 10.2. The topological polar surface area (TPSA) is 56.0 Å². The van der Waals surface area contributed by atoms with Crippen LogP contribution in [0.1, 0.15) is 11.3 Å². The van der Waals surface area contributed by atoms with Crippen LogP contribution < -0.4 is 5.73 Å². The predicted octanol–water partition coefficient (Wildman–Crippen LogP) is 0.460. The minimum Gasteiger partial charge on any atom is -0.324 e. The first-order valence-corrected chi connectivity index (χ1v) is 3.85. The highest BCUT2D eigenvalue weighted by Gasteiger charge is 2.00. The van der Waals surface area contributed by atoms with Crippen LogP contribution in [0.2, 0.25) is 0 Å². The second-order valence-electron chi connectivity index (χ2n) is 2.75. The molecule has 2 N–H and O–H groups in total. The van der Waals surface area contributed by atoms with Gasteiger partial charge in [-0.25, -0.2) is 0 Å². The number of pyridine rings is 1. The first-order chi connectivity index (χ1) is 5.72. The molecule has 12 heavy (non-hydrogen) atoms. The zero-order valence-electron chi connectivity index (χ0n) is 7.08. The van der Waals surface area contributed by atoms with Crippen molar-refractivity contribution in [2.24, 2.45) is 5.73 Å². The van der Waals surface area contributed by atoms with Crippen LogP contribution in [0.25, 0.3) is 0 Å². The van der Waals surface area contributed by atoms with E-state index in [0.717, 1.165) is 11.3 Å². The number of carbonyl (C=O) groups excluding carboxylic acids is 1. The van der Waals surface area contributed by atoms with Gasteiger partial charge in [0.25, 0.3) is 0 Å². The van der Waals surface area contributed by atoms with Gasteiger partial charge < -0.3 is 5.73 Å². The van der Waals surface area contributed by atoms with Gasteiger partial charge in [0.1, 0.15) is 0 Å². The fraction of sp³-hybridized carbons (Fsp3) is 0.333. The molecule has 0 saturated heterocycles. The summed E-state index contributed by atoms with van der Waals surface area (Å²) in [6.45, 7) is 2.05. The minimum atomic E-state index is 0.0198. The number of nitrogens with two attached hydrogens (primary N) is 1. The number of ketones is 1. The summed E-state index contributed by atoms with van der Waals surface area (Å²) in [4.78, 5) is 15.0. The zero-order valence-corrected chi connectivity index (χ0v) is 7.08. The zero-order chi connectivity index (χ0) is 8.97. The summed E-state index contributed by atoms with van der Waals surface area (Å²) in [5.74, 6) is 0.0198. The van der Waals surface area contributed by atoms with Crippen molar-refractivity contribution in [1.82, 2.24) is 4.98 Å². The molecule has 0 aliphatic rings. The molecule has 0 unspecified atom stereocenters. The molecule has 1 aromatic heterocycles. The Kier molecular flexibility index (Phi) is 2.94. The Bertz CT molecular complexity index is 266. The summed E-state index contributed by atoms with van der Waals surface area (Å²) >= 11 is 0. The van der Waals surface area contributed by atoms with Crippen molar-refractivity contribution in [1.29, 1.82) is 0 Å². The molecule has 1 heterocycles. The van der Waals surface area contributed by atoms with Crippen LogP contribution in [0.3, 0.4) is 0 Å². The van der Waals surface area contributed by atoms with Crippen molar-refractivity contribution in [2.75, 3.05) is 6.54 Å². The van der Waals surface area contributed by atoms with E-state index in [1.807, 2.05) is 19.1 Å². The van der Waals surface area contributed by atoms with E-state index in [1.165, 1.54) is 0 Å². The van der Waals surface area contributed by atoms with E-state index in [1.54, 1.807) is 6.20 Å².